The Kier molecular flexibility index (Phi) is 4.80. The summed E-state index contributed by atoms with van der Waals surface area (Å²) in [6.45, 7) is 1.81. The number of nitrogen functional groups attached to an aromatic ring is 1. The van der Waals surface area contributed by atoms with Gasteiger partial charge >= 0.3 is 0 Å². The van der Waals surface area contributed by atoms with Crippen molar-refractivity contribution >= 4 is 40.4 Å². The van der Waals surface area contributed by atoms with Crippen LogP contribution in [0.2, 0.25) is 0 Å². The van der Waals surface area contributed by atoms with Crippen molar-refractivity contribution in [3.05, 3.63) is 23.7 Å². The molecule has 2 aromatic rings. The molecule has 0 aliphatic rings. The Labute approximate surface area is 124 Å². The summed E-state index contributed by atoms with van der Waals surface area (Å²) in [5.41, 5.74) is 8.53. The number of nitrogens with zero attached hydrogens (tertiary/aromatic N) is 2. The van der Waals surface area contributed by atoms with Crippen LogP contribution in [-0.4, -0.2) is 28.5 Å². The van der Waals surface area contributed by atoms with Crippen molar-refractivity contribution in [2.75, 3.05) is 18.2 Å². The number of amides is 1. The average Bonchev–Trinajstić information content (AvgIpc) is 2.93. The third kappa shape index (κ3) is 3.61. The summed E-state index contributed by atoms with van der Waals surface area (Å²) in [4.78, 5) is 12.1. The molecule has 0 aliphatic carbocycles. The molecule has 0 aliphatic heterocycles. The van der Waals surface area contributed by atoms with Gasteiger partial charge in [-0.15, -0.1) is 10.2 Å². The largest absolute Gasteiger partial charge is 0.497 e. The summed E-state index contributed by atoms with van der Waals surface area (Å²) in [6.07, 6.45) is 0. The van der Waals surface area contributed by atoms with E-state index in [0.29, 0.717) is 17.1 Å². The third-order valence-corrected chi connectivity index (χ3v) is 4.41. The number of benzene rings is 1. The first kappa shape index (κ1) is 14.6. The summed E-state index contributed by atoms with van der Waals surface area (Å²) in [7, 11) is 1.56. The normalized spacial score (nSPS) is 11.9. The van der Waals surface area contributed by atoms with Crippen LogP contribution in [-0.2, 0) is 4.79 Å². The van der Waals surface area contributed by atoms with E-state index in [4.69, 9.17) is 10.5 Å². The van der Waals surface area contributed by atoms with Crippen molar-refractivity contribution in [1.82, 2.24) is 10.2 Å². The van der Waals surface area contributed by atoms with E-state index in [1.165, 1.54) is 23.1 Å². The lowest BCUT2D eigenvalue weighted by atomic mass is 10.2. The summed E-state index contributed by atoms with van der Waals surface area (Å²) >= 11 is 2.76. The van der Waals surface area contributed by atoms with E-state index in [-0.39, 0.29) is 11.2 Å². The van der Waals surface area contributed by atoms with E-state index in [1.54, 1.807) is 37.7 Å². The average molecular weight is 310 g/mol. The molecule has 0 spiro atoms. The van der Waals surface area contributed by atoms with E-state index in [9.17, 15) is 4.79 Å². The second-order valence-electron chi connectivity index (χ2n) is 3.91. The number of carbonyl (C=O) groups excluding carboxylic acids is 1. The molecule has 0 saturated heterocycles. The molecular formula is C12H14N4O2S2. The van der Waals surface area contributed by atoms with Crippen molar-refractivity contribution in [2.24, 2.45) is 0 Å². The number of nitrogens with one attached hydrogen (secondary N) is 1. The zero-order valence-corrected chi connectivity index (χ0v) is 12.6. The molecule has 0 fully saturated rings. The van der Waals surface area contributed by atoms with Crippen LogP contribution in [0, 0.1) is 0 Å². The summed E-state index contributed by atoms with van der Waals surface area (Å²) in [5, 5.41) is 10.1. The first-order valence-electron chi connectivity index (χ1n) is 5.77. The number of thioether (sulfide) groups is 1. The minimum atomic E-state index is -0.288. The summed E-state index contributed by atoms with van der Waals surface area (Å²) in [6, 6.07) is 5.13. The first-order chi connectivity index (χ1) is 9.60. The summed E-state index contributed by atoms with van der Waals surface area (Å²) in [5.74, 6) is 0.513. The standard InChI is InChI=1S/C12H14N4O2S2/c1-7(20-12-16-14-6-19-12)11(17)15-10-4-3-8(18-2)5-9(10)13/h3-7H,13H2,1-2H3,(H,15,17). The molecule has 6 nitrogen and oxygen atoms in total. The third-order valence-electron chi connectivity index (χ3n) is 2.50. The van der Waals surface area contributed by atoms with Gasteiger partial charge in [-0.3, -0.25) is 4.79 Å². The number of methoxy groups -OCH3 is 1. The Morgan fingerprint density at radius 1 is 1.55 bits per heavy atom. The maximum atomic E-state index is 12.1. The Morgan fingerprint density at radius 3 is 2.95 bits per heavy atom. The van der Waals surface area contributed by atoms with Gasteiger partial charge in [0.05, 0.1) is 23.7 Å². The lowest BCUT2D eigenvalue weighted by molar-refractivity contribution is -0.115. The predicted molar refractivity (Wildman–Crippen MR) is 81.3 cm³/mol. The number of anilines is 2. The lowest BCUT2D eigenvalue weighted by Crippen LogP contribution is -2.22. The monoisotopic (exact) mass is 310 g/mol. The smallest absolute Gasteiger partial charge is 0.237 e. The number of rotatable bonds is 5. The molecule has 0 saturated carbocycles. The van der Waals surface area contributed by atoms with Gasteiger partial charge in [-0.2, -0.15) is 0 Å². The fourth-order valence-electron chi connectivity index (χ4n) is 1.44. The molecule has 1 heterocycles. The Morgan fingerprint density at radius 2 is 2.35 bits per heavy atom. The van der Waals surface area contributed by atoms with Gasteiger partial charge in [-0.1, -0.05) is 23.1 Å². The van der Waals surface area contributed by atoms with Crippen LogP contribution in [0.3, 0.4) is 0 Å². The Bertz CT molecular complexity index is 589. The quantitative estimate of drug-likeness (QED) is 0.650. The van der Waals surface area contributed by atoms with E-state index in [0.717, 1.165) is 4.34 Å². The van der Waals surface area contributed by atoms with Crippen molar-refractivity contribution in [3.63, 3.8) is 0 Å². The minimum absolute atomic E-state index is 0.137. The molecule has 3 N–H and O–H groups in total. The van der Waals surface area contributed by atoms with Gasteiger partial charge in [0, 0.05) is 6.07 Å². The Balaban J connectivity index is 2.00. The van der Waals surface area contributed by atoms with Gasteiger partial charge in [0.2, 0.25) is 5.91 Å². The maximum Gasteiger partial charge on any atom is 0.237 e. The van der Waals surface area contributed by atoms with Crippen LogP contribution < -0.4 is 15.8 Å². The molecule has 1 atom stereocenters. The van der Waals surface area contributed by atoms with E-state index in [1.807, 2.05) is 0 Å². The van der Waals surface area contributed by atoms with Gasteiger partial charge in [-0.25, -0.2) is 0 Å². The summed E-state index contributed by atoms with van der Waals surface area (Å²) < 4.78 is 5.82. The number of carbonyl (C=O) groups is 1. The second kappa shape index (κ2) is 6.58. The van der Waals surface area contributed by atoms with Crippen molar-refractivity contribution in [2.45, 2.75) is 16.5 Å². The van der Waals surface area contributed by atoms with Gasteiger partial charge < -0.3 is 15.8 Å². The fraction of sp³-hybridized carbons (Fsp3) is 0.250. The molecule has 0 bridgehead atoms. The van der Waals surface area contributed by atoms with Crippen molar-refractivity contribution in [3.8, 4) is 5.75 Å². The highest BCUT2D eigenvalue weighted by atomic mass is 32.2. The van der Waals surface area contributed by atoms with Crippen LogP contribution in [0.15, 0.2) is 28.0 Å². The second-order valence-corrected chi connectivity index (χ2v) is 6.33. The molecule has 2 rings (SSSR count). The molecule has 1 aromatic carbocycles. The fourth-order valence-corrected chi connectivity index (χ4v) is 3.06. The highest BCUT2D eigenvalue weighted by Crippen LogP contribution is 2.27. The van der Waals surface area contributed by atoms with E-state index in [2.05, 4.69) is 15.5 Å². The number of nitrogens with two attached hydrogens (primary N) is 1. The topological polar surface area (TPSA) is 90.1 Å². The maximum absolute atomic E-state index is 12.1. The van der Waals surface area contributed by atoms with Crippen LogP contribution in [0.4, 0.5) is 11.4 Å². The zero-order chi connectivity index (χ0) is 14.5. The lowest BCUT2D eigenvalue weighted by Gasteiger charge is -2.12. The van der Waals surface area contributed by atoms with Gasteiger partial charge in [0.1, 0.15) is 11.3 Å². The molecule has 1 unspecified atom stereocenters. The predicted octanol–water partition coefficient (Wildman–Crippen LogP) is 2.25. The minimum Gasteiger partial charge on any atom is -0.497 e. The number of aromatic nitrogens is 2. The molecule has 106 valence electrons. The first-order valence-corrected chi connectivity index (χ1v) is 7.53. The molecular weight excluding hydrogens is 296 g/mol. The van der Waals surface area contributed by atoms with Crippen LogP contribution in [0.5, 0.6) is 5.75 Å². The number of hydrogen-bond donors (Lipinski definition) is 2. The molecule has 1 aromatic heterocycles. The molecule has 20 heavy (non-hydrogen) atoms. The highest BCUT2D eigenvalue weighted by molar-refractivity contribution is 8.02. The van der Waals surface area contributed by atoms with E-state index >= 15 is 0 Å². The van der Waals surface area contributed by atoms with Crippen LogP contribution in [0.25, 0.3) is 0 Å². The number of hydrogen-bond acceptors (Lipinski definition) is 7. The SMILES string of the molecule is COc1ccc(NC(=O)C(C)Sc2nncs2)c(N)c1. The van der Waals surface area contributed by atoms with Gasteiger partial charge in [0.25, 0.3) is 0 Å². The number of ether oxygens (including phenoxy) is 1. The molecule has 0 radical (unpaired) electrons. The molecule has 8 heteroatoms. The molecule has 1 amide bonds. The van der Waals surface area contributed by atoms with Gasteiger partial charge in [-0.05, 0) is 19.1 Å². The van der Waals surface area contributed by atoms with Crippen LogP contribution in [0.1, 0.15) is 6.92 Å². The van der Waals surface area contributed by atoms with E-state index < -0.39 is 0 Å². The zero-order valence-electron chi connectivity index (χ0n) is 11.0. The van der Waals surface area contributed by atoms with Crippen molar-refractivity contribution < 1.29 is 9.53 Å². The highest BCUT2D eigenvalue weighted by Gasteiger charge is 2.17. The van der Waals surface area contributed by atoms with Gasteiger partial charge in [0.15, 0.2) is 4.34 Å². The van der Waals surface area contributed by atoms with Crippen molar-refractivity contribution in [1.29, 1.82) is 0 Å². The Hall–Kier alpha value is -1.80. The van der Waals surface area contributed by atoms with Crippen LogP contribution >= 0.6 is 23.1 Å².